The first-order valence-corrected chi connectivity index (χ1v) is 8.72. The number of benzene rings is 1. The molecule has 138 valence electrons. The van der Waals surface area contributed by atoms with E-state index >= 15 is 0 Å². The van der Waals surface area contributed by atoms with Crippen LogP contribution in [-0.4, -0.2) is 27.0 Å². The first kappa shape index (κ1) is 17.3. The van der Waals surface area contributed by atoms with E-state index in [1.807, 2.05) is 11.4 Å². The van der Waals surface area contributed by atoms with E-state index in [4.69, 9.17) is 4.52 Å². The lowest BCUT2D eigenvalue weighted by molar-refractivity contribution is -0.131. The minimum atomic E-state index is -1.74. The summed E-state index contributed by atoms with van der Waals surface area (Å²) >= 11 is 1.41. The average Bonchev–Trinajstić information content (AvgIpc) is 3.35. The first-order valence-electron chi connectivity index (χ1n) is 7.84. The third kappa shape index (κ3) is 2.87. The third-order valence-electron chi connectivity index (χ3n) is 4.25. The monoisotopic (exact) mass is 390 g/mol. The SMILES string of the molecule is CC1(c2cc(F)ccc2F)NC(=O)N(Cc2nc(-c3cccs3)no2)C1=O. The number of carbonyl (C=O) groups is 2. The lowest BCUT2D eigenvalue weighted by Gasteiger charge is -2.22. The lowest BCUT2D eigenvalue weighted by Crippen LogP contribution is -2.41. The maximum atomic E-state index is 14.2. The number of imide groups is 1. The van der Waals surface area contributed by atoms with Crippen LogP contribution < -0.4 is 5.32 Å². The topological polar surface area (TPSA) is 88.3 Å². The van der Waals surface area contributed by atoms with E-state index in [1.165, 1.54) is 18.3 Å². The molecule has 1 N–H and O–H groups in total. The number of thiophene rings is 1. The molecule has 0 radical (unpaired) electrons. The Morgan fingerprint density at radius 2 is 2.11 bits per heavy atom. The van der Waals surface area contributed by atoms with Crippen molar-refractivity contribution in [2.45, 2.75) is 19.0 Å². The smallest absolute Gasteiger partial charge is 0.325 e. The summed E-state index contributed by atoms with van der Waals surface area (Å²) in [5.41, 5.74) is -1.99. The molecule has 0 aliphatic carbocycles. The van der Waals surface area contributed by atoms with Crippen LogP contribution in [0.3, 0.4) is 0 Å². The van der Waals surface area contributed by atoms with Crippen molar-refractivity contribution >= 4 is 23.3 Å². The van der Waals surface area contributed by atoms with Gasteiger partial charge in [0.2, 0.25) is 11.7 Å². The van der Waals surface area contributed by atoms with E-state index in [0.29, 0.717) is 5.82 Å². The maximum Gasteiger partial charge on any atom is 0.325 e. The van der Waals surface area contributed by atoms with Gasteiger partial charge in [-0.2, -0.15) is 4.98 Å². The molecule has 1 atom stereocenters. The molecule has 0 bridgehead atoms. The minimum absolute atomic E-state index is 0.0471. The molecule has 4 rings (SSSR count). The summed E-state index contributed by atoms with van der Waals surface area (Å²) in [6.07, 6.45) is 0. The molecule has 1 unspecified atom stereocenters. The molecule has 0 saturated carbocycles. The van der Waals surface area contributed by atoms with Crippen LogP contribution in [0, 0.1) is 11.6 Å². The fraction of sp³-hybridized carbons (Fsp3) is 0.176. The van der Waals surface area contributed by atoms with Crippen molar-refractivity contribution in [1.82, 2.24) is 20.4 Å². The van der Waals surface area contributed by atoms with Gasteiger partial charge in [0.1, 0.15) is 23.7 Å². The zero-order valence-corrected chi connectivity index (χ0v) is 14.7. The van der Waals surface area contributed by atoms with Crippen LogP contribution in [0.25, 0.3) is 10.7 Å². The molecule has 3 aromatic rings. The minimum Gasteiger partial charge on any atom is -0.337 e. The number of rotatable bonds is 4. The van der Waals surface area contributed by atoms with Gasteiger partial charge in [-0.3, -0.25) is 9.69 Å². The van der Waals surface area contributed by atoms with E-state index in [-0.39, 0.29) is 18.0 Å². The summed E-state index contributed by atoms with van der Waals surface area (Å²) in [4.78, 5) is 30.9. The Balaban J connectivity index is 1.61. The van der Waals surface area contributed by atoms with Gasteiger partial charge in [0.25, 0.3) is 5.91 Å². The number of hydrogen-bond donors (Lipinski definition) is 1. The van der Waals surface area contributed by atoms with Gasteiger partial charge < -0.3 is 9.84 Å². The number of carbonyl (C=O) groups excluding carboxylic acids is 2. The van der Waals surface area contributed by atoms with Crippen molar-refractivity contribution < 1.29 is 22.9 Å². The Bertz CT molecular complexity index is 1040. The third-order valence-corrected chi connectivity index (χ3v) is 5.11. The van der Waals surface area contributed by atoms with E-state index in [0.717, 1.165) is 28.0 Å². The summed E-state index contributed by atoms with van der Waals surface area (Å²) in [6, 6.07) is 5.60. The first-order chi connectivity index (χ1) is 12.9. The van der Waals surface area contributed by atoms with Crippen molar-refractivity contribution in [3.8, 4) is 10.7 Å². The summed E-state index contributed by atoms with van der Waals surface area (Å²) in [6.45, 7) is 1.03. The van der Waals surface area contributed by atoms with Crippen LogP contribution in [-0.2, 0) is 16.9 Å². The van der Waals surface area contributed by atoms with Gasteiger partial charge in [-0.25, -0.2) is 13.6 Å². The molecule has 0 spiro atoms. The van der Waals surface area contributed by atoms with Crippen LogP contribution in [0.4, 0.5) is 13.6 Å². The molecule has 3 amide bonds. The number of nitrogens with zero attached hydrogens (tertiary/aromatic N) is 3. The van der Waals surface area contributed by atoms with Crippen molar-refractivity contribution in [3.05, 3.63) is 58.8 Å². The van der Waals surface area contributed by atoms with Gasteiger partial charge in [-0.1, -0.05) is 11.2 Å². The predicted octanol–water partition coefficient (Wildman–Crippen LogP) is 3.04. The van der Waals surface area contributed by atoms with Crippen molar-refractivity contribution in [1.29, 1.82) is 0 Å². The molecule has 1 aliphatic rings. The van der Waals surface area contributed by atoms with E-state index in [1.54, 1.807) is 6.07 Å². The number of urea groups is 1. The largest absolute Gasteiger partial charge is 0.337 e. The normalized spacial score (nSPS) is 19.6. The average molecular weight is 390 g/mol. The molecule has 1 fully saturated rings. The number of nitrogens with one attached hydrogen (secondary N) is 1. The quantitative estimate of drug-likeness (QED) is 0.692. The van der Waals surface area contributed by atoms with Gasteiger partial charge >= 0.3 is 6.03 Å². The highest BCUT2D eigenvalue weighted by Crippen LogP contribution is 2.32. The second-order valence-electron chi connectivity index (χ2n) is 6.06. The maximum absolute atomic E-state index is 14.2. The second kappa shape index (κ2) is 6.23. The summed E-state index contributed by atoms with van der Waals surface area (Å²) in [5, 5.41) is 8.08. The van der Waals surface area contributed by atoms with E-state index in [2.05, 4.69) is 15.5 Å². The number of amides is 3. The Hall–Kier alpha value is -3.14. The van der Waals surface area contributed by atoms with Gasteiger partial charge in [0.15, 0.2) is 0 Å². The van der Waals surface area contributed by atoms with Gasteiger partial charge in [-0.15, -0.1) is 11.3 Å². The van der Waals surface area contributed by atoms with Crippen LogP contribution in [0.15, 0.2) is 40.2 Å². The van der Waals surface area contributed by atoms with Crippen molar-refractivity contribution in [2.24, 2.45) is 0 Å². The lowest BCUT2D eigenvalue weighted by atomic mass is 9.91. The van der Waals surface area contributed by atoms with Crippen LogP contribution in [0.2, 0.25) is 0 Å². The van der Waals surface area contributed by atoms with Crippen molar-refractivity contribution in [2.75, 3.05) is 0 Å². The molecular formula is C17H12F2N4O3S. The van der Waals surface area contributed by atoms with Crippen LogP contribution in [0.5, 0.6) is 0 Å². The molecular weight excluding hydrogens is 378 g/mol. The zero-order valence-electron chi connectivity index (χ0n) is 13.9. The molecule has 1 aromatic carbocycles. The Morgan fingerprint density at radius 1 is 1.30 bits per heavy atom. The zero-order chi connectivity index (χ0) is 19.2. The fourth-order valence-electron chi connectivity index (χ4n) is 2.86. The van der Waals surface area contributed by atoms with Gasteiger partial charge in [-0.05, 0) is 36.6 Å². The molecule has 2 aromatic heterocycles. The van der Waals surface area contributed by atoms with Crippen molar-refractivity contribution in [3.63, 3.8) is 0 Å². The highest BCUT2D eigenvalue weighted by molar-refractivity contribution is 7.13. The Kier molecular flexibility index (Phi) is 3.99. The second-order valence-corrected chi connectivity index (χ2v) is 7.01. The highest BCUT2D eigenvalue weighted by Gasteiger charge is 2.50. The molecule has 3 heterocycles. The Morgan fingerprint density at radius 3 is 2.85 bits per heavy atom. The molecule has 1 saturated heterocycles. The molecule has 7 nitrogen and oxygen atoms in total. The summed E-state index contributed by atoms with van der Waals surface area (Å²) in [7, 11) is 0. The van der Waals surface area contributed by atoms with Gasteiger partial charge in [0.05, 0.1) is 4.88 Å². The number of halogens is 2. The van der Waals surface area contributed by atoms with E-state index in [9.17, 15) is 18.4 Å². The summed E-state index contributed by atoms with van der Waals surface area (Å²) < 4.78 is 32.8. The van der Waals surface area contributed by atoms with Crippen LogP contribution in [0.1, 0.15) is 18.4 Å². The Labute approximate surface area is 155 Å². The molecule has 1 aliphatic heterocycles. The predicted molar refractivity (Wildman–Crippen MR) is 90.4 cm³/mol. The number of aromatic nitrogens is 2. The molecule has 27 heavy (non-hydrogen) atoms. The van der Waals surface area contributed by atoms with E-state index < -0.39 is 29.1 Å². The highest BCUT2D eigenvalue weighted by atomic mass is 32.1. The van der Waals surface area contributed by atoms with Crippen LogP contribution >= 0.6 is 11.3 Å². The number of hydrogen-bond acceptors (Lipinski definition) is 6. The summed E-state index contributed by atoms with van der Waals surface area (Å²) in [5.74, 6) is -1.87. The molecule has 10 heteroatoms. The van der Waals surface area contributed by atoms with Gasteiger partial charge in [0, 0.05) is 5.56 Å². The fourth-order valence-corrected chi connectivity index (χ4v) is 3.51. The standard InChI is InChI=1S/C17H12F2N4O3S/c1-17(10-7-9(18)4-5-11(10)19)15(24)23(16(25)21-17)8-13-20-14(22-26-13)12-3-2-6-27-12/h2-7H,8H2,1H3,(H,21,25).